The summed E-state index contributed by atoms with van der Waals surface area (Å²) in [6.07, 6.45) is 5.89. The topological polar surface area (TPSA) is 108 Å². The van der Waals surface area contributed by atoms with Crippen LogP contribution in [0, 0.1) is 6.92 Å². The van der Waals surface area contributed by atoms with E-state index in [1.54, 1.807) is 6.92 Å². The first kappa shape index (κ1) is 27.1. The molecular formula is C22H37N5O3. The van der Waals surface area contributed by atoms with Crippen LogP contribution >= 0.6 is 0 Å². The number of hydrogen-bond donors (Lipinski definition) is 2. The predicted molar refractivity (Wildman–Crippen MR) is 125 cm³/mol. The molecule has 0 saturated carbocycles. The van der Waals surface area contributed by atoms with Crippen molar-refractivity contribution in [3.8, 4) is 0 Å². The van der Waals surface area contributed by atoms with Gasteiger partial charge in [0.1, 0.15) is 5.78 Å². The van der Waals surface area contributed by atoms with Crippen LogP contribution < -0.4 is 16.0 Å². The number of amides is 2. The fraction of sp³-hybridized carbons (Fsp3) is 0.545. The number of nitrogen functional groups attached to an aromatic ring is 1. The molecule has 0 aromatic heterocycles. The minimum Gasteiger partial charge on any atom is -0.397 e. The van der Waals surface area contributed by atoms with Crippen molar-refractivity contribution in [3.63, 3.8) is 0 Å². The maximum Gasteiger partial charge on any atom is 0.249 e. The smallest absolute Gasteiger partial charge is 0.249 e. The number of Topliss-reactive ketones (excluding diaryl/α,β-unsaturated/α-hetero) is 1. The van der Waals surface area contributed by atoms with Gasteiger partial charge in [0, 0.05) is 46.4 Å². The number of nitrogens with zero attached hydrogens (tertiary/aromatic N) is 3. The van der Waals surface area contributed by atoms with E-state index in [0.717, 1.165) is 48.5 Å². The van der Waals surface area contributed by atoms with Crippen LogP contribution in [0.3, 0.4) is 0 Å². The molecule has 0 heterocycles. The van der Waals surface area contributed by atoms with Crippen LogP contribution in [-0.2, 0) is 14.4 Å². The number of benzene rings is 1. The van der Waals surface area contributed by atoms with Crippen LogP contribution in [0.4, 0.5) is 17.1 Å². The van der Waals surface area contributed by atoms with Crippen molar-refractivity contribution in [2.75, 3.05) is 37.1 Å². The Bertz CT molecular complexity index is 696. The molecule has 1 aromatic carbocycles. The van der Waals surface area contributed by atoms with Crippen LogP contribution in [0.5, 0.6) is 0 Å². The van der Waals surface area contributed by atoms with E-state index >= 15 is 0 Å². The van der Waals surface area contributed by atoms with Crippen molar-refractivity contribution < 1.29 is 14.4 Å². The molecule has 0 aliphatic rings. The first-order valence-corrected chi connectivity index (χ1v) is 10.2. The molecule has 168 valence electrons. The second kappa shape index (κ2) is 15.0. The number of carbonyl (C=O) groups is 3. The Morgan fingerprint density at radius 1 is 1.13 bits per heavy atom. The van der Waals surface area contributed by atoms with Gasteiger partial charge in [-0.1, -0.05) is 19.3 Å². The number of ketones is 1. The Balaban J connectivity index is 0.000000579. The number of hydrazone groups is 1. The lowest BCUT2D eigenvalue weighted by atomic mass is 10.1. The highest BCUT2D eigenvalue weighted by molar-refractivity contribution is 5.85. The molecule has 0 atom stereocenters. The van der Waals surface area contributed by atoms with E-state index in [0.29, 0.717) is 19.3 Å². The molecule has 1 rings (SSSR count). The molecule has 0 radical (unpaired) electrons. The zero-order chi connectivity index (χ0) is 23.1. The molecule has 0 spiro atoms. The van der Waals surface area contributed by atoms with E-state index in [1.807, 2.05) is 27.2 Å². The number of nitrogens with one attached hydrogen (secondary N) is 1. The summed E-state index contributed by atoms with van der Waals surface area (Å²) in [5, 5.41) is 7.07. The maximum absolute atomic E-state index is 11.3. The van der Waals surface area contributed by atoms with Crippen LogP contribution in [0.1, 0.15) is 57.4 Å². The van der Waals surface area contributed by atoms with Crippen molar-refractivity contribution >= 4 is 41.9 Å². The molecule has 0 bridgehead atoms. The van der Waals surface area contributed by atoms with Crippen molar-refractivity contribution in [2.24, 2.45) is 5.10 Å². The Morgan fingerprint density at radius 3 is 2.17 bits per heavy atom. The third-order valence-electron chi connectivity index (χ3n) is 4.55. The summed E-state index contributed by atoms with van der Waals surface area (Å²) in [6.45, 7) is 6.78. The Kier molecular flexibility index (Phi) is 13.6. The Morgan fingerprint density at radius 2 is 1.70 bits per heavy atom. The number of hydrogen-bond acceptors (Lipinski definition) is 7. The largest absolute Gasteiger partial charge is 0.397 e. The summed E-state index contributed by atoms with van der Waals surface area (Å²) in [7, 11) is 5.93. The van der Waals surface area contributed by atoms with Gasteiger partial charge < -0.3 is 20.7 Å². The summed E-state index contributed by atoms with van der Waals surface area (Å²) in [4.78, 5) is 34.4. The third-order valence-corrected chi connectivity index (χ3v) is 4.55. The lowest BCUT2D eigenvalue weighted by Crippen LogP contribution is -2.23. The highest BCUT2D eigenvalue weighted by Crippen LogP contribution is 2.28. The van der Waals surface area contributed by atoms with Crippen molar-refractivity contribution in [3.05, 3.63) is 17.7 Å². The molecule has 8 heteroatoms. The van der Waals surface area contributed by atoms with Gasteiger partial charge in [-0.3, -0.25) is 9.59 Å². The quantitative estimate of drug-likeness (QED) is 0.176. The molecule has 0 unspecified atom stereocenters. The molecule has 8 nitrogen and oxygen atoms in total. The van der Waals surface area contributed by atoms with E-state index in [9.17, 15) is 14.4 Å². The number of carbonyl (C=O) groups excluding carboxylic acids is 3. The summed E-state index contributed by atoms with van der Waals surface area (Å²) in [6, 6.07) is 4.05. The fourth-order valence-electron chi connectivity index (χ4n) is 2.88. The second-order valence-electron chi connectivity index (χ2n) is 7.33. The van der Waals surface area contributed by atoms with Crippen LogP contribution in [0.2, 0.25) is 0 Å². The summed E-state index contributed by atoms with van der Waals surface area (Å²) in [5.41, 5.74) is 9.99. The van der Waals surface area contributed by atoms with Gasteiger partial charge >= 0.3 is 0 Å². The minimum absolute atomic E-state index is 0.221. The molecule has 0 aliphatic carbocycles. The van der Waals surface area contributed by atoms with E-state index in [4.69, 9.17) is 5.73 Å². The molecule has 2 amide bonds. The monoisotopic (exact) mass is 419 g/mol. The lowest BCUT2D eigenvalue weighted by Gasteiger charge is -2.18. The molecule has 0 saturated heterocycles. The fourth-order valence-corrected chi connectivity index (χ4v) is 2.88. The van der Waals surface area contributed by atoms with Gasteiger partial charge in [0.2, 0.25) is 12.3 Å². The van der Waals surface area contributed by atoms with Gasteiger partial charge in [0.25, 0.3) is 0 Å². The highest BCUT2D eigenvalue weighted by Gasteiger charge is 2.09. The molecular weight excluding hydrogens is 382 g/mol. The van der Waals surface area contributed by atoms with Gasteiger partial charge in [-0.05, 0) is 44.4 Å². The number of nitrogens with two attached hydrogens (primary N) is 1. The van der Waals surface area contributed by atoms with E-state index in [-0.39, 0.29) is 11.7 Å². The van der Waals surface area contributed by atoms with Gasteiger partial charge in [-0.15, -0.1) is 0 Å². The average Bonchev–Trinajstić information content (AvgIpc) is 2.68. The maximum atomic E-state index is 11.3. The zero-order valence-electron chi connectivity index (χ0n) is 19.0. The van der Waals surface area contributed by atoms with E-state index in [1.165, 1.54) is 11.3 Å². The first-order valence-electron chi connectivity index (χ1n) is 10.2. The molecule has 0 fully saturated rings. The minimum atomic E-state index is -0.321. The van der Waals surface area contributed by atoms with Crippen molar-refractivity contribution in [1.82, 2.24) is 5.01 Å². The number of aryl methyl sites for hydroxylation is 1. The molecule has 0 aliphatic heterocycles. The van der Waals surface area contributed by atoms with Gasteiger partial charge in [0.05, 0.1) is 11.4 Å². The lowest BCUT2D eigenvalue weighted by molar-refractivity contribution is -0.138. The summed E-state index contributed by atoms with van der Waals surface area (Å²) >= 11 is 0. The number of imide groups is 1. The number of anilines is 3. The van der Waals surface area contributed by atoms with Crippen molar-refractivity contribution in [1.29, 1.82) is 0 Å². The normalized spacial score (nSPS) is 9.77. The Hall–Kier alpha value is -2.90. The Labute approximate surface area is 180 Å². The first-order chi connectivity index (χ1) is 14.2. The van der Waals surface area contributed by atoms with Crippen LogP contribution in [-0.4, -0.2) is 51.0 Å². The third kappa shape index (κ3) is 10.6. The summed E-state index contributed by atoms with van der Waals surface area (Å²) in [5.74, 6) is -0.0994. The second-order valence-corrected chi connectivity index (χ2v) is 7.33. The predicted octanol–water partition coefficient (Wildman–Crippen LogP) is 3.59. The van der Waals surface area contributed by atoms with Gasteiger partial charge in [-0.2, -0.15) is 10.1 Å². The van der Waals surface area contributed by atoms with Gasteiger partial charge in [-0.25, -0.2) is 0 Å². The average molecular weight is 420 g/mol. The highest BCUT2D eigenvalue weighted by atomic mass is 16.2. The molecule has 1 aromatic rings. The number of rotatable bonds is 12. The van der Waals surface area contributed by atoms with E-state index < -0.39 is 0 Å². The zero-order valence-corrected chi connectivity index (χ0v) is 19.0. The van der Waals surface area contributed by atoms with E-state index in [2.05, 4.69) is 35.0 Å². The van der Waals surface area contributed by atoms with Crippen molar-refractivity contribution in [2.45, 2.75) is 58.8 Å². The SMILES string of the molecule is C=NN(C=O)C(=O)CCCCCCCC(C)=O.CNc1cc(N(C)C)c(C)cc1N. The standard InChI is InChI=1S/C12H20N2O3.C10H17N3/c1-11(16)8-6-4-3-5-7-9-12(17)14(10-15)13-2;1-7-5-8(11)9(12-2)6-10(7)13(3)4/h10H,2-9H2,1H3;5-6,12H,11H2,1-4H3. The van der Waals surface area contributed by atoms with Gasteiger partial charge in [0.15, 0.2) is 0 Å². The summed E-state index contributed by atoms with van der Waals surface area (Å²) < 4.78 is 0. The van der Waals surface area contributed by atoms with Crippen LogP contribution in [0.25, 0.3) is 0 Å². The molecule has 30 heavy (non-hydrogen) atoms. The number of unbranched alkanes of at least 4 members (excludes halogenated alkanes) is 4. The molecule has 3 N–H and O–H groups in total. The van der Waals surface area contributed by atoms with Crippen LogP contribution in [0.15, 0.2) is 17.2 Å².